The number of benzene rings is 1. The number of nitrogens with zero attached hydrogens (tertiary/aromatic N) is 1. The summed E-state index contributed by atoms with van der Waals surface area (Å²) < 4.78 is 40.1. The Hall–Kier alpha value is -1.85. The van der Waals surface area contributed by atoms with Gasteiger partial charge in [0.25, 0.3) is 0 Å². The van der Waals surface area contributed by atoms with Crippen LogP contribution in [0.2, 0.25) is 0 Å². The van der Waals surface area contributed by atoms with E-state index in [4.69, 9.17) is 0 Å². The monoisotopic (exact) mass is 299 g/mol. The van der Waals surface area contributed by atoms with Crippen LogP contribution in [0.25, 0.3) is 0 Å². The lowest BCUT2D eigenvalue weighted by molar-refractivity contribution is -0.132. The summed E-state index contributed by atoms with van der Waals surface area (Å²) in [5, 5.41) is 0. The van der Waals surface area contributed by atoms with Crippen LogP contribution in [0.1, 0.15) is 36.5 Å². The molecule has 0 unspecified atom stereocenters. The van der Waals surface area contributed by atoms with E-state index in [0.29, 0.717) is 44.5 Å². The van der Waals surface area contributed by atoms with Crippen molar-refractivity contribution in [3.63, 3.8) is 0 Å². The second kappa shape index (κ2) is 6.28. The van der Waals surface area contributed by atoms with Gasteiger partial charge in [-0.25, -0.2) is 13.2 Å². The molecular weight excluding hydrogens is 283 g/mol. The van der Waals surface area contributed by atoms with E-state index in [1.54, 1.807) is 11.8 Å². The maximum atomic E-state index is 13.6. The first-order valence-corrected chi connectivity index (χ1v) is 6.90. The fraction of sp³-hybridized carbons (Fsp3) is 0.467. The number of carbonyl (C=O) groups is 2. The van der Waals surface area contributed by atoms with Crippen molar-refractivity contribution in [2.45, 2.75) is 26.2 Å². The van der Waals surface area contributed by atoms with Crippen molar-refractivity contribution in [3.05, 3.63) is 35.1 Å². The highest BCUT2D eigenvalue weighted by Crippen LogP contribution is 2.25. The van der Waals surface area contributed by atoms with Crippen molar-refractivity contribution < 1.29 is 22.8 Å². The summed E-state index contributed by atoms with van der Waals surface area (Å²) >= 11 is 0. The van der Waals surface area contributed by atoms with Gasteiger partial charge in [-0.3, -0.25) is 9.59 Å². The fourth-order valence-electron chi connectivity index (χ4n) is 2.60. The Morgan fingerprint density at radius 1 is 1.14 bits per heavy atom. The van der Waals surface area contributed by atoms with Crippen LogP contribution < -0.4 is 0 Å². The van der Waals surface area contributed by atoms with E-state index in [2.05, 4.69) is 0 Å². The molecule has 6 heteroatoms. The minimum atomic E-state index is -1.18. The van der Waals surface area contributed by atoms with E-state index in [1.165, 1.54) is 0 Å². The molecular formula is C15H16F3NO2. The first-order chi connectivity index (χ1) is 9.93. The molecule has 1 heterocycles. The lowest BCUT2D eigenvalue weighted by Crippen LogP contribution is -2.40. The van der Waals surface area contributed by atoms with Crippen LogP contribution in [0.4, 0.5) is 13.2 Å². The van der Waals surface area contributed by atoms with Crippen LogP contribution in [0, 0.1) is 23.4 Å². The number of piperidine rings is 1. The summed E-state index contributed by atoms with van der Waals surface area (Å²) in [5.74, 6) is -4.60. The standard InChI is InChI=1S/C15H16F3NO2/c1-2-13(20)19-5-3-9(4-6-19)15(21)14-11(17)7-10(16)8-12(14)18/h7-9H,2-6H2,1H3. The molecule has 1 aliphatic heterocycles. The molecule has 0 bridgehead atoms. The zero-order valence-corrected chi connectivity index (χ0v) is 11.7. The second-order valence-corrected chi connectivity index (χ2v) is 5.12. The third-order valence-electron chi connectivity index (χ3n) is 3.77. The fourth-order valence-corrected chi connectivity index (χ4v) is 2.60. The van der Waals surface area contributed by atoms with E-state index in [9.17, 15) is 22.8 Å². The molecule has 21 heavy (non-hydrogen) atoms. The van der Waals surface area contributed by atoms with Gasteiger partial charge < -0.3 is 4.90 Å². The molecule has 0 aliphatic carbocycles. The van der Waals surface area contributed by atoms with Gasteiger partial charge in [-0.2, -0.15) is 0 Å². The zero-order valence-electron chi connectivity index (χ0n) is 11.7. The summed E-state index contributed by atoms with van der Waals surface area (Å²) in [4.78, 5) is 25.4. The van der Waals surface area contributed by atoms with Crippen molar-refractivity contribution >= 4 is 11.7 Å². The predicted molar refractivity (Wildman–Crippen MR) is 70.2 cm³/mol. The highest BCUT2D eigenvalue weighted by Gasteiger charge is 2.30. The molecule has 1 aromatic carbocycles. The predicted octanol–water partition coefficient (Wildman–Crippen LogP) is 2.94. The Kier molecular flexibility index (Phi) is 4.65. The van der Waals surface area contributed by atoms with Gasteiger partial charge in [-0.15, -0.1) is 0 Å². The summed E-state index contributed by atoms with van der Waals surface area (Å²) in [6.45, 7) is 2.55. The van der Waals surface area contributed by atoms with Crippen LogP contribution in [0.15, 0.2) is 12.1 Å². The number of likely N-dealkylation sites (tertiary alicyclic amines) is 1. The molecule has 0 spiro atoms. The molecule has 0 atom stereocenters. The van der Waals surface area contributed by atoms with E-state index in [1.807, 2.05) is 0 Å². The van der Waals surface area contributed by atoms with Crippen LogP contribution in [0.5, 0.6) is 0 Å². The van der Waals surface area contributed by atoms with Crippen LogP contribution >= 0.6 is 0 Å². The van der Waals surface area contributed by atoms with Crippen molar-refractivity contribution in [1.29, 1.82) is 0 Å². The van der Waals surface area contributed by atoms with Crippen molar-refractivity contribution in [2.75, 3.05) is 13.1 Å². The molecule has 0 radical (unpaired) electrons. The topological polar surface area (TPSA) is 37.4 Å². The first kappa shape index (κ1) is 15.5. The molecule has 0 aromatic heterocycles. The SMILES string of the molecule is CCC(=O)N1CCC(C(=O)c2c(F)cc(F)cc2F)CC1. The first-order valence-electron chi connectivity index (χ1n) is 6.90. The maximum absolute atomic E-state index is 13.6. The third kappa shape index (κ3) is 3.25. The Balaban J connectivity index is 2.11. The molecule has 1 fully saturated rings. The molecule has 1 aliphatic rings. The highest BCUT2D eigenvalue weighted by atomic mass is 19.1. The lowest BCUT2D eigenvalue weighted by Gasteiger charge is -2.31. The summed E-state index contributed by atoms with van der Waals surface area (Å²) in [5.41, 5.74) is -0.684. The van der Waals surface area contributed by atoms with Crippen LogP contribution in [-0.2, 0) is 4.79 Å². The summed E-state index contributed by atoms with van der Waals surface area (Å²) in [6.07, 6.45) is 1.11. The molecule has 1 aromatic rings. The number of rotatable bonds is 3. The lowest BCUT2D eigenvalue weighted by atomic mass is 9.88. The highest BCUT2D eigenvalue weighted by molar-refractivity contribution is 5.98. The Morgan fingerprint density at radius 3 is 2.14 bits per heavy atom. The quantitative estimate of drug-likeness (QED) is 0.805. The van der Waals surface area contributed by atoms with E-state index < -0.39 is 34.7 Å². The van der Waals surface area contributed by atoms with Gasteiger partial charge in [0.1, 0.15) is 17.5 Å². The second-order valence-electron chi connectivity index (χ2n) is 5.12. The van der Waals surface area contributed by atoms with E-state index in [-0.39, 0.29) is 5.91 Å². The summed E-state index contributed by atoms with van der Waals surface area (Å²) in [6, 6.07) is 1.01. The summed E-state index contributed by atoms with van der Waals surface area (Å²) in [7, 11) is 0. The van der Waals surface area contributed by atoms with Gasteiger partial charge in [0.2, 0.25) is 5.91 Å². The van der Waals surface area contributed by atoms with Gasteiger partial charge in [-0.1, -0.05) is 6.92 Å². The largest absolute Gasteiger partial charge is 0.343 e. The van der Waals surface area contributed by atoms with Crippen LogP contribution in [0.3, 0.4) is 0 Å². The molecule has 0 saturated carbocycles. The van der Waals surface area contributed by atoms with Gasteiger partial charge >= 0.3 is 0 Å². The van der Waals surface area contributed by atoms with Gasteiger partial charge in [0, 0.05) is 37.6 Å². The molecule has 1 amide bonds. The number of halogens is 3. The van der Waals surface area contributed by atoms with Crippen molar-refractivity contribution in [3.8, 4) is 0 Å². The average molecular weight is 299 g/mol. The average Bonchev–Trinajstić information content (AvgIpc) is 2.45. The Labute approximate surface area is 120 Å². The van der Waals surface area contributed by atoms with Gasteiger partial charge in [0.15, 0.2) is 5.78 Å². The number of amides is 1. The van der Waals surface area contributed by atoms with E-state index >= 15 is 0 Å². The maximum Gasteiger partial charge on any atom is 0.222 e. The van der Waals surface area contributed by atoms with Gasteiger partial charge in [-0.05, 0) is 12.8 Å². The van der Waals surface area contributed by atoms with Crippen LogP contribution in [-0.4, -0.2) is 29.7 Å². The normalized spacial score (nSPS) is 16.1. The minimum absolute atomic E-state index is 0.0000391. The van der Waals surface area contributed by atoms with Crippen molar-refractivity contribution in [2.24, 2.45) is 5.92 Å². The van der Waals surface area contributed by atoms with E-state index in [0.717, 1.165) is 0 Å². The zero-order chi connectivity index (χ0) is 15.6. The third-order valence-corrected chi connectivity index (χ3v) is 3.77. The smallest absolute Gasteiger partial charge is 0.222 e. The Bertz CT molecular complexity index is 543. The number of hydrogen-bond donors (Lipinski definition) is 0. The van der Waals surface area contributed by atoms with Crippen molar-refractivity contribution in [1.82, 2.24) is 4.90 Å². The number of Topliss-reactive ketones (excluding diaryl/α,β-unsaturated/α-hetero) is 1. The molecule has 2 rings (SSSR count). The number of hydrogen-bond acceptors (Lipinski definition) is 2. The Morgan fingerprint density at radius 2 is 1.67 bits per heavy atom. The molecule has 0 N–H and O–H groups in total. The molecule has 114 valence electrons. The van der Waals surface area contributed by atoms with Gasteiger partial charge in [0.05, 0.1) is 5.56 Å². The number of ketones is 1. The molecule has 1 saturated heterocycles. The minimum Gasteiger partial charge on any atom is -0.343 e. The molecule has 3 nitrogen and oxygen atoms in total. The number of carbonyl (C=O) groups excluding carboxylic acids is 2.